The highest BCUT2D eigenvalue weighted by molar-refractivity contribution is 7.90. The second-order valence-corrected chi connectivity index (χ2v) is 7.50. The van der Waals surface area contributed by atoms with Crippen molar-refractivity contribution in [2.75, 3.05) is 0 Å². The number of Topliss-reactive ketones (excluding diaryl/α,β-unsaturated/α-hetero) is 1. The smallest absolute Gasteiger partial charge is 0.182 e. The molecule has 1 aliphatic rings. The summed E-state index contributed by atoms with van der Waals surface area (Å²) in [6.07, 6.45) is 1.82. The van der Waals surface area contributed by atoms with Crippen LogP contribution in [-0.4, -0.2) is 14.2 Å². The molecule has 0 bridgehead atoms. The normalized spacial score (nSPS) is 14.8. The Kier molecular flexibility index (Phi) is 3.83. The van der Waals surface area contributed by atoms with Gasteiger partial charge in [0.05, 0.1) is 10.6 Å². The minimum Gasteiger partial charge on any atom is -0.294 e. The topological polar surface area (TPSA) is 51.2 Å². The summed E-state index contributed by atoms with van der Waals surface area (Å²) in [5, 5.41) is 0. The summed E-state index contributed by atoms with van der Waals surface area (Å²) >= 11 is 0. The van der Waals surface area contributed by atoms with Crippen LogP contribution in [0.5, 0.6) is 0 Å². The molecule has 1 aliphatic carbocycles. The van der Waals surface area contributed by atoms with E-state index in [1.165, 1.54) is 42.5 Å². The number of halogens is 1. The molecule has 0 N–H and O–H groups in total. The molecule has 0 atom stereocenters. The molecule has 0 amide bonds. The van der Waals surface area contributed by atoms with Crippen molar-refractivity contribution in [1.29, 1.82) is 0 Å². The van der Waals surface area contributed by atoms with E-state index in [1.54, 1.807) is 6.07 Å². The van der Waals surface area contributed by atoms with Gasteiger partial charge in [-0.25, -0.2) is 12.8 Å². The standard InChI is InChI=1S/C17H15FO3S/c18-16-4-2-1-3-14(16)11-22(20,21)15-9-7-13(8-10-15)17(19)12-5-6-12/h1-4,7-10,12H,5-6,11H2. The van der Waals surface area contributed by atoms with Crippen LogP contribution < -0.4 is 0 Å². The van der Waals surface area contributed by atoms with Gasteiger partial charge in [0.2, 0.25) is 0 Å². The van der Waals surface area contributed by atoms with Gasteiger partial charge in [0, 0.05) is 17.0 Å². The SMILES string of the molecule is O=C(c1ccc(S(=O)(=O)Cc2ccccc2F)cc1)C1CC1. The fourth-order valence-electron chi connectivity index (χ4n) is 2.31. The maximum absolute atomic E-state index is 13.6. The Labute approximate surface area is 128 Å². The monoisotopic (exact) mass is 318 g/mol. The van der Waals surface area contributed by atoms with Gasteiger partial charge in [-0.1, -0.05) is 30.3 Å². The van der Waals surface area contributed by atoms with E-state index in [0.717, 1.165) is 12.8 Å². The quantitative estimate of drug-likeness (QED) is 0.794. The molecular weight excluding hydrogens is 303 g/mol. The molecule has 0 spiro atoms. The van der Waals surface area contributed by atoms with Crippen LogP contribution >= 0.6 is 0 Å². The van der Waals surface area contributed by atoms with Gasteiger partial charge in [0.1, 0.15) is 5.82 Å². The highest BCUT2D eigenvalue weighted by Crippen LogP contribution is 2.32. The number of hydrogen-bond donors (Lipinski definition) is 0. The first kappa shape index (κ1) is 14.9. The van der Waals surface area contributed by atoms with Crippen LogP contribution in [0, 0.1) is 11.7 Å². The molecule has 0 heterocycles. The molecular formula is C17H15FO3S. The average molecular weight is 318 g/mol. The number of sulfone groups is 1. The van der Waals surface area contributed by atoms with E-state index in [-0.39, 0.29) is 22.2 Å². The Morgan fingerprint density at radius 2 is 1.68 bits per heavy atom. The van der Waals surface area contributed by atoms with Gasteiger partial charge in [0.25, 0.3) is 0 Å². The van der Waals surface area contributed by atoms with E-state index in [4.69, 9.17) is 0 Å². The fourth-order valence-corrected chi connectivity index (χ4v) is 3.67. The molecule has 3 nitrogen and oxygen atoms in total. The van der Waals surface area contributed by atoms with E-state index in [2.05, 4.69) is 0 Å². The Morgan fingerprint density at radius 3 is 2.27 bits per heavy atom. The van der Waals surface area contributed by atoms with Crippen molar-refractivity contribution in [3.63, 3.8) is 0 Å². The first-order valence-electron chi connectivity index (χ1n) is 7.08. The third kappa shape index (κ3) is 3.09. The summed E-state index contributed by atoms with van der Waals surface area (Å²) in [7, 11) is -3.63. The number of hydrogen-bond acceptors (Lipinski definition) is 3. The van der Waals surface area contributed by atoms with Gasteiger partial charge in [0.15, 0.2) is 15.6 Å². The maximum Gasteiger partial charge on any atom is 0.182 e. The van der Waals surface area contributed by atoms with E-state index in [1.807, 2.05) is 0 Å². The predicted octanol–water partition coefficient (Wildman–Crippen LogP) is 3.39. The number of ketones is 1. The highest BCUT2D eigenvalue weighted by atomic mass is 32.2. The Hall–Kier alpha value is -2.01. The van der Waals surface area contributed by atoms with Gasteiger partial charge >= 0.3 is 0 Å². The zero-order valence-electron chi connectivity index (χ0n) is 11.8. The van der Waals surface area contributed by atoms with Crippen LogP contribution in [0.25, 0.3) is 0 Å². The molecule has 5 heteroatoms. The molecule has 1 saturated carbocycles. The fraction of sp³-hybridized carbons (Fsp3) is 0.235. The molecule has 0 saturated heterocycles. The summed E-state index contributed by atoms with van der Waals surface area (Å²) in [5.41, 5.74) is 0.674. The lowest BCUT2D eigenvalue weighted by atomic mass is 10.1. The number of carbonyl (C=O) groups excluding carboxylic acids is 1. The van der Waals surface area contributed by atoms with Crippen LogP contribution in [0.3, 0.4) is 0 Å². The second kappa shape index (κ2) is 5.65. The van der Waals surface area contributed by atoms with Crippen LogP contribution in [0.15, 0.2) is 53.4 Å². The number of rotatable bonds is 5. The van der Waals surface area contributed by atoms with Crippen LogP contribution in [0.4, 0.5) is 4.39 Å². The molecule has 0 aromatic heterocycles. The molecule has 2 aromatic rings. The molecule has 22 heavy (non-hydrogen) atoms. The Morgan fingerprint density at radius 1 is 1.05 bits per heavy atom. The molecule has 2 aromatic carbocycles. The van der Waals surface area contributed by atoms with Crippen molar-refractivity contribution in [3.8, 4) is 0 Å². The van der Waals surface area contributed by atoms with Gasteiger partial charge < -0.3 is 0 Å². The minimum atomic E-state index is -3.63. The first-order valence-corrected chi connectivity index (χ1v) is 8.73. The van der Waals surface area contributed by atoms with Crippen molar-refractivity contribution in [2.24, 2.45) is 5.92 Å². The third-order valence-electron chi connectivity index (χ3n) is 3.75. The Bertz CT molecular complexity index is 806. The summed E-state index contributed by atoms with van der Waals surface area (Å²) in [6.45, 7) is 0. The van der Waals surface area contributed by atoms with E-state index in [0.29, 0.717) is 5.56 Å². The summed E-state index contributed by atoms with van der Waals surface area (Å²) in [4.78, 5) is 12.0. The highest BCUT2D eigenvalue weighted by Gasteiger charge is 2.30. The number of carbonyl (C=O) groups is 1. The summed E-state index contributed by atoms with van der Waals surface area (Å²) in [6, 6.07) is 11.7. The van der Waals surface area contributed by atoms with E-state index < -0.39 is 21.4 Å². The minimum absolute atomic E-state index is 0.0676. The maximum atomic E-state index is 13.6. The molecule has 3 rings (SSSR count). The van der Waals surface area contributed by atoms with Crippen molar-refractivity contribution in [1.82, 2.24) is 0 Å². The largest absolute Gasteiger partial charge is 0.294 e. The predicted molar refractivity (Wildman–Crippen MR) is 80.8 cm³/mol. The summed E-state index contributed by atoms with van der Waals surface area (Å²) in [5.74, 6) is -0.763. The van der Waals surface area contributed by atoms with Crippen LogP contribution in [0.2, 0.25) is 0 Å². The van der Waals surface area contributed by atoms with E-state index >= 15 is 0 Å². The van der Waals surface area contributed by atoms with Gasteiger partial charge in [-0.05, 0) is 31.0 Å². The lowest BCUT2D eigenvalue weighted by Gasteiger charge is -2.06. The van der Waals surface area contributed by atoms with Crippen molar-refractivity contribution in [3.05, 3.63) is 65.5 Å². The lowest BCUT2D eigenvalue weighted by molar-refractivity contribution is 0.0967. The zero-order valence-corrected chi connectivity index (χ0v) is 12.6. The van der Waals surface area contributed by atoms with Gasteiger partial charge in [-0.3, -0.25) is 4.79 Å². The van der Waals surface area contributed by atoms with Gasteiger partial charge in [-0.15, -0.1) is 0 Å². The molecule has 114 valence electrons. The second-order valence-electron chi connectivity index (χ2n) is 5.51. The third-order valence-corrected chi connectivity index (χ3v) is 5.43. The summed E-state index contributed by atoms with van der Waals surface area (Å²) < 4.78 is 38.3. The molecule has 0 aliphatic heterocycles. The number of benzene rings is 2. The lowest BCUT2D eigenvalue weighted by Crippen LogP contribution is -2.07. The van der Waals surface area contributed by atoms with E-state index in [9.17, 15) is 17.6 Å². The average Bonchev–Trinajstić information content (AvgIpc) is 3.34. The first-order chi connectivity index (χ1) is 10.5. The molecule has 0 radical (unpaired) electrons. The molecule has 0 unspecified atom stereocenters. The van der Waals surface area contributed by atoms with Crippen molar-refractivity contribution < 1.29 is 17.6 Å². The zero-order chi connectivity index (χ0) is 15.7. The van der Waals surface area contributed by atoms with Crippen molar-refractivity contribution in [2.45, 2.75) is 23.5 Å². The van der Waals surface area contributed by atoms with Crippen LogP contribution in [0.1, 0.15) is 28.8 Å². The van der Waals surface area contributed by atoms with Gasteiger partial charge in [-0.2, -0.15) is 0 Å². The van der Waals surface area contributed by atoms with Crippen LogP contribution in [-0.2, 0) is 15.6 Å². The molecule has 1 fully saturated rings. The Balaban J connectivity index is 1.83. The van der Waals surface area contributed by atoms with Crippen molar-refractivity contribution >= 4 is 15.6 Å².